The molecule has 2 rings (SSSR count). The van der Waals surface area contributed by atoms with Crippen LogP contribution >= 0.6 is 0 Å². The van der Waals surface area contributed by atoms with Gasteiger partial charge in [0.2, 0.25) is 0 Å². The third-order valence-electron chi connectivity index (χ3n) is 8.67. The maximum Gasteiger partial charge on any atom is 0.192 e. The summed E-state index contributed by atoms with van der Waals surface area (Å²) in [7, 11) is -2.34. The van der Waals surface area contributed by atoms with Crippen LogP contribution in [0.3, 0.4) is 0 Å². The number of hydrogen-bond acceptors (Lipinski definition) is 6. The molecule has 0 aromatic heterocycles. The molecule has 8 heteroatoms. The predicted molar refractivity (Wildman–Crippen MR) is 155 cm³/mol. The summed E-state index contributed by atoms with van der Waals surface area (Å²) in [4.78, 5) is 12.4. The van der Waals surface area contributed by atoms with E-state index in [1.807, 2.05) is 31.2 Å². The van der Waals surface area contributed by atoms with Crippen LogP contribution in [0.2, 0.25) is 36.3 Å². The fraction of sp³-hybridized carbons (Fsp3) is 0.759. The van der Waals surface area contributed by atoms with Gasteiger partial charge in [0.1, 0.15) is 11.4 Å². The zero-order chi connectivity index (χ0) is 28.3. The monoisotopic (exact) mass is 552 g/mol. The van der Waals surface area contributed by atoms with E-state index >= 15 is 0 Å². The van der Waals surface area contributed by atoms with Crippen LogP contribution in [0, 0.1) is 0 Å². The molecule has 1 heterocycles. The summed E-state index contributed by atoms with van der Waals surface area (Å²) >= 11 is 0. The van der Waals surface area contributed by atoms with E-state index < -0.39 is 28.3 Å². The summed E-state index contributed by atoms with van der Waals surface area (Å²) < 4.78 is 31.5. The minimum absolute atomic E-state index is 0.0556. The number of hydrogen-bond donors (Lipinski definition) is 0. The van der Waals surface area contributed by atoms with Gasteiger partial charge in [-0.15, -0.1) is 0 Å². The maximum absolute atomic E-state index is 12.4. The quantitative estimate of drug-likeness (QED) is 0.215. The Bertz CT molecular complexity index is 872. The van der Waals surface area contributed by atoms with Gasteiger partial charge in [-0.2, -0.15) is 0 Å². The van der Waals surface area contributed by atoms with Crippen LogP contribution in [0.4, 0.5) is 0 Å². The minimum Gasteiger partial charge on any atom is -0.497 e. The number of carbonyl (C=O) groups excluding carboxylic acids is 1. The maximum atomic E-state index is 12.4. The van der Waals surface area contributed by atoms with E-state index in [4.69, 9.17) is 23.1 Å². The van der Waals surface area contributed by atoms with Crippen molar-refractivity contribution in [2.45, 2.75) is 128 Å². The van der Waals surface area contributed by atoms with Crippen molar-refractivity contribution in [3.63, 3.8) is 0 Å². The summed E-state index contributed by atoms with van der Waals surface area (Å²) in [6.07, 6.45) is 1.35. The van der Waals surface area contributed by atoms with E-state index in [1.165, 1.54) is 0 Å². The lowest BCUT2D eigenvalue weighted by Crippen LogP contribution is -2.60. The van der Waals surface area contributed by atoms with Crippen molar-refractivity contribution in [1.29, 1.82) is 0 Å². The molecule has 4 atom stereocenters. The highest BCUT2D eigenvalue weighted by Crippen LogP contribution is 2.42. The van der Waals surface area contributed by atoms with Crippen molar-refractivity contribution < 1.29 is 27.9 Å². The van der Waals surface area contributed by atoms with E-state index in [2.05, 4.69) is 67.7 Å². The van der Waals surface area contributed by atoms with Gasteiger partial charge in [-0.3, -0.25) is 0 Å². The number of benzene rings is 1. The second-order valence-corrected chi connectivity index (χ2v) is 23.2. The second-order valence-electron chi connectivity index (χ2n) is 13.7. The highest BCUT2D eigenvalue weighted by molar-refractivity contribution is 6.74. The van der Waals surface area contributed by atoms with Crippen LogP contribution in [-0.2, 0) is 29.7 Å². The SMILES string of the molecule is COc1ccc(CO[C@H]2C[C@@H](O[Si](C)(C)C(C)(C)C)C(CCO[Si](C)(C)C(C)(C)C)O[C@]2(C)C=O)cc1. The number of carbonyl (C=O) groups is 1. The molecule has 1 unspecified atom stereocenters. The molecule has 0 aliphatic carbocycles. The van der Waals surface area contributed by atoms with Gasteiger partial charge in [-0.1, -0.05) is 53.7 Å². The molecule has 1 aliphatic rings. The van der Waals surface area contributed by atoms with Crippen molar-refractivity contribution in [2.75, 3.05) is 13.7 Å². The molecule has 1 aliphatic heterocycles. The molecular formula is C29H52O6Si2. The molecule has 6 nitrogen and oxygen atoms in total. The summed E-state index contributed by atoms with van der Waals surface area (Å²) in [6.45, 7) is 25.3. The minimum atomic E-state index is -2.09. The number of rotatable bonds is 11. The molecule has 37 heavy (non-hydrogen) atoms. The number of methoxy groups -OCH3 is 1. The molecule has 1 fully saturated rings. The Kier molecular flexibility index (Phi) is 10.4. The topological polar surface area (TPSA) is 63.2 Å². The molecule has 1 saturated heterocycles. The first-order valence-electron chi connectivity index (χ1n) is 13.6. The fourth-order valence-corrected chi connectivity index (χ4v) is 6.32. The van der Waals surface area contributed by atoms with E-state index in [-0.39, 0.29) is 22.3 Å². The first-order chi connectivity index (χ1) is 16.8. The van der Waals surface area contributed by atoms with Gasteiger partial charge in [0.25, 0.3) is 0 Å². The zero-order valence-electron chi connectivity index (χ0n) is 25.4. The summed E-state index contributed by atoms with van der Waals surface area (Å²) in [6, 6.07) is 7.78. The van der Waals surface area contributed by atoms with Gasteiger partial charge in [0.05, 0.1) is 32.0 Å². The molecule has 0 N–H and O–H groups in total. The summed E-state index contributed by atoms with van der Waals surface area (Å²) in [5.41, 5.74) is -0.0395. The normalized spacial score (nSPS) is 25.7. The van der Waals surface area contributed by atoms with Crippen molar-refractivity contribution in [3.05, 3.63) is 29.8 Å². The molecule has 0 spiro atoms. The van der Waals surface area contributed by atoms with Crippen molar-refractivity contribution in [1.82, 2.24) is 0 Å². The van der Waals surface area contributed by atoms with E-state index in [0.717, 1.165) is 17.6 Å². The van der Waals surface area contributed by atoms with Gasteiger partial charge in [0, 0.05) is 13.0 Å². The highest BCUT2D eigenvalue weighted by Gasteiger charge is 2.50. The van der Waals surface area contributed by atoms with Crippen LogP contribution in [0.25, 0.3) is 0 Å². The Labute approximate surface area is 228 Å². The van der Waals surface area contributed by atoms with Crippen molar-refractivity contribution in [3.8, 4) is 5.75 Å². The second kappa shape index (κ2) is 12.0. The lowest BCUT2D eigenvalue weighted by Gasteiger charge is -2.49. The summed E-state index contributed by atoms with van der Waals surface area (Å²) in [5, 5.41) is 0.190. The molecule has 0 saturated carbocycles. The van der Waals surface area contributed by atoms with Crippen LogP contribution in [0.1, 0.15) is 66.9 Å². The Morgan fingerprint density at radius 1 is 1.00 bits per heavy atom. The van der Waals surface area contributed by atoms with Gasteiger partial charge in [-0.05, 0) is 67.3 Å². The van der Waals surface area contributed by atoms with Gasteiger partial charge >= 0.3 is 0 Å². The lowest BCUT2D eigenvalue weighted by atomic mass is 9.88. The predicted octanol–water partition coefficient (Wildman–Crippen LogP) is 7.13. The third-order valence-corrected chi connectivity index (χ3v) is 17.7. The van der Waals surface area contributed by atoms with Gasteiger partial charge in [-0.25, -0.2) is 0 Å². The average molecular weight is 553 g/mol. The molecule has 0 amide bonds. The Balaban J connectivity index is 2.23. The van der Waals surface area contributed by atoms with Crippen molar-refractivity contribution in [2.24, 2.45) is 0 Å². The Morgan fingerprint density at radius 3 is 2.05 bits per heavy atom. The van der Waals surface area contributed by atoms with E-state index in [9.17, 15) is 4.79 Å². The first-order valence-corrected chi connectivity index (χ1v) is 19.4. The highest BCUT2D eigenvalue weighted by atomic mass is 28.4. The molecule has 212 valence electrons. The van der Waals surface area contributed by atoms with Gasteiger partial charge < -0.3 is 27.9 Å². The smallest absolute Gasteiger partial charge is 0.192 e. The number of ether oxygens (including phenoxy) is 3. The number of aldehydes is 1. The molecule has 0 radical (unpaired) electrons. The third kappa shape index (κ3) is 8.23. The Hall–Kier alpha value is -1.04. The van der Waals surface area contributed by atoms with Gasteiger partial charge in [0.15, 0.2) is 22.9 Å². The first kappa shape index (κ1) is 32.2. The fourth-order valence-electron chi connectivity index (χ4n) is 3.90. The van der Waals surface area contributed by atoms with Crippen molar-refractivity contribution >= 4 is 22.9 Å². The van der Waals surface area contributed by atoms with Crippen LogP contribution in [0.15, 0.2) is 24.3 Å². The largest absolute Gasteiger partial charge is 0.497 e. The molecule has 0 bridgehead atoms. The zero-order valence-corrected chi connectivity index (χ0v) is 27.4. The van der Waals surface area contributed by atoms with Crippen LogP contribution in [0.5, 0.6) is 5.75 Å². The van der Waals surface area contributed by atoms with E-state index in [1.54, 1.807) is 7.11 Å². The summed E-state index contributed by atoms with van der Waals surface area (Å²) in [5.74, 6) is 0.799. The molecular weight excluding hydrogens is 500 g/mol. The molecule has 1 aromatic carbocycles. The molecule has 1 aromatic rings. The standard InChI is InChI=1S/C29H52O6Si2/c1-27(2,3)36(9,10)33-18-17-24-25(35-37(11,12)28(4,5)6)19-26(29(7,21-30)34-24)32-20-22-13-15-23(31-8)16-14-22/h13-16,21,24-26H,17-20H2,1-12H3/t24?,25-,26+,29-/m1/s1. The van der Waals surface area contributed by atoms with Crippen LogP contribution in [-0.4, -0.2) is 60.6 Å². The lowest BCUT2D eigenvalue weighted by molar-refractivity contribution is -0.222. The van der Waals surface area contributed by atoms with Crippen LogP contribution < -0.4 is 4.74 Å². The van der Waals surface area contributed by atoms with E-state index in [0.29, 0.717) is 26.1 Å². The Morgan fingerprint density at radius 2 is 1.57 bits per heavy atom. The average Bonchev–Trinajstić information content (AvgIpc) is 2.78.